The minimum Gasteiger partial charge on any atom is -0.497 e. The Morgan fingerprint density at radius 3 is 2.73 bits per heavy atom. The van der Waals surface area contributed by atoms with E-state index in [1.165, 1.54) is 0 Å². The van der Waals surface area contributed by atoms with E-state index in [1.807, 2.05) is 36.4 Å². The van der Waals surface area contributed by atoms with Gasteiger partial charge in [-0.15, -0.1) is 0 Å². The summed E-state index contributed by atoms with van der Waals surface area (Å²) in [6.45, 7) is 9.80. The SMILES string of the molecule is CCn1cc(/C=C2\Oc3c(ccc4c3CN(CCCN3CCOCC3)CO4)C2=O)c2cc(OC)ccc21. The first-order chi connectivity index (χ1) is 18.1. The number of Topliss-reactive ketones (excluding diaryl/α,β-unsaturated/α-hetero) is 1. The number of hydrogen-bond donors (Lipinski definition) is 0. The molecule has 1 fully saturated rings. The van der Waals surface area contributed by atoms with Crippen molar-refractivity contribution < 1.29 is 23.7 Å². The van der Waals surface area contributed by atoms with Crippen LogP contribution in [0.15, 0.2) is 42.3 Å². The summed E-state index contributed by atoms with van der Waals surface area (Å²) in [4.78, 5) is 18.1. The maximum atomic E-state index is 13.4. The molecule has 4 heterocycles. The summed E-state index contributed by atoms with van der Waals surface area (Å²) < 4.78 is 25.4. The van der Waals surface area contributed by atoms with Crippen LogP contribution in [-0.4, -0.2) is 73.4 Å². The molecule has 194 valence electrons. The third kappa shape index (κ3) is 4.61. The molecule has 1 aromatic heterocycles. The van der Waals surface area contributed by atoms with Crippen LogP contribution in [0, 0.1) is 0 Å². The molecule has 0 radical (unpaired) electrons. The van der Waals surface area contributed by atoms with Crippen LogP contribution < -0.4 is 14.2 Å². The molecule has 0 N–H and O–H groups in total. The lowest BCUT2D eigenvalue weighted by Crippen LogP contribution is -2.39. The van der Waals surface area contributed by atoms with Crippen molar-refractivity contribution in [2.45, 2.75) is 26.4 Å². The number of rotatable bonds is 7. The minimum absolute atomic E-state index is 0.0949. The predicted molar refractivity (Wildman–Crippen MR) is 141 cm³/mol. The summed E-state index contributed by atoms with van der Waals surface area (Å²) in [7, 11) is 1.66. The molecule has 8 heteroatoms. The van der Waals surface area contributed by atoms with E-state index in [2.05, 4.69) is 27.5 Å². The number of morpholine rings is 1. The Hall–Kier alpha value is -3.33. The number of carbonyl (C=O) groups is 1. The number of aromatic nitrogens is 1. The molecule has 0 aliphatic carbocycles. The van der Waals surface area contributed by atoms with Crippen LogP contribution in [0.25, 0.3) is 17.0 Å². The van der Waals surface area contributed by atoms with Gasteiger partial charge in [-0.25, -0.2) is 0 Å². The monoisotopic (exact) mass is 503 g/mol. The first kappa shape index (κ1) is 24.0. The Morgan fingerprint density at radius 2 is 1.92 bits per heavy atom. The van der Waals surface area contributed by atoms with Gasteiger partial charge in [0.2, 0.25) is 5.78 Å². The zero-order valence-corrected chi connectivity index (χ0v) is 21.5. The molecule has 6 rings (SSSR count). The van der Waals surface area contributed by atoms with Crippen molar-refractivity contribution in [2.75, 3.05) is 53.2 Å². The van der Waals surface area contributed by atoms with Crippen molar-refractivity contribution in [3.63, 3.8) is 0 Å². The van der Waals surface area contributed by atoms with Crippen molar-refractivity contribution in [2.24, 2.45) is 0 Å². The third-order valence-electron chi connectivity index (χ3n) is 7.48. The van der Waals surface area contributed by atoms with E-state index >= 15 is 0 Å². The zero-order chi connectivity index (χ0) is 25.4. The number of benzene rings is 2. The molecule has 37 heavy (non-hydrogen) atoms. The van der Waals surface area contributed by atoms with Gasteiger partial charge in [0.15, 0.2) is 5.76 Å². The number of hydrogen-bond acceptors (Lipinski definition) is 7. The maximum absolute atomic E-state index is 13.4. The second kappa shape index (κ2) is 10.2. The quantitative estimate of drug-likeness (QED) is 0.449. The smallest absolute Gasteiger partial charge is 0.231 e. The number of nitrogens with zero attached hydrogens (tertiary/aromatic N) is 3. The molecular formula is C29H33N3O5. The lowest BCUT2D eigenvalue weighted by Gasteiger charge is -2.31. The van der Waals surface area contributed by atoms with E-state index in [0.29, 0.717) is 30.3 Å². The second-order valence-corrected chi connectivity index (χ2v) is 9.75. The van der Waals surface area contributed by atoms with E-state index in [1.54, 1.807) is 7.11 Å². The molecule has 2 aromatic carbocycles. The Balaban J connectivity index is 1.22. The van der Waals surface area contributed by atoms with Crippen molar-refractivity contribution in [3.05, 3.63) is 59.0 Å². The second-order valence-electron chi connectivity index (χ2n) is 9.75. The van der Waals surface area contributed by atoms with Gasteiger partial charge < -0.3 is 23.5 Å². The average Bonchev–Trinajstić information content (AvgIpc) is 3.46. The van der Waals surface area contributed by atoms with Crippen LogP contribution in [-0.2, 0) is 17.8 Å². The number of ether oxygens (including phenoxy) is 4. The highest BCUT2D eigenvalue weighted by atomic mass is 16.5. The molecule has 3 aromatic rings. The topological polar surface area (TPSA) is 65.4 Å². The van der Waals surface area contributed by atoms with Gasteiger partial charge in [0.05, 0.1) is 31.5 Å². The minimum atomic E-state index is -0.0949. The molecule has 0 atom stereocenters. The van der Waals surface area contributed by atoms with Gasteiger partial charge in [-0.2, -0.15) is 0 Å². The molecule has 0 bridgehead atoms. The number of methoxy groups -OCH3 is 1. The number of aryl methyl sites for hydroxylation is 1. The molecule has 8 nitrogen and oxygen atoms in total. The van der Waals surface area contributed by atoms with E-state index in [-0.39, 0.29) is 5.78 Å². The number of ketones is 1. The lowest BCUT2D eigenvalue weighted by molar-refractivity contribution is 0.0329. The highest BCUT2D eigenvalue weighted by Crippen LogP contribution is 2.42. The largest absolute Gasteiger partial charge is 0.497 e. The average molecular weight is 504 g/mol. The molecular weight excluding hydrogens is 470 g/mol. The fourth-order valence-electron chi connectivity index (χ4n) is 5.44. The predicted octanol–water partition coefficient (Wildman–Crippen LogP) is 4.16. The highest BCUT2D eigenvalue weighted by molar-refractivity contribution is 6.15. The van der Waals surface area contributed by atoms with E-state index in [0.717, 1.165) is 85.9 Å². The van der Waals surface area contributed by atoms with Gasteiger partial charge in [0.25, 0.3) is 0 Å². The van der Waals surface area contributed by atoms with E-state index in [4.69, 9.17) is 18.9 Å². The summed E-state index contributed by atoms with van der Waals surface area (Å²) in [5.41, 5.74) is 3.57. The van der Waals surface area contributed by atoms with Gasteiger partial charge >= 0.3 is 0 Å². The van der Waals surface area contributed by atoms with E-state index < -0.39 is 0 Å². The molecule has 0 amide bonds. The molecule has 0 unspecified atom stereocenters. The van der Waals surface area contributed by atoms with Crippen LogP contribution in [0.1, 0.15) is 34.8 Å². The van der Waals surface area contributed by atoms with Crippen LogP contribution in [0.4, 0.5) is 0 Å². The number of fused-ring (bicyclic) bond motifs is 4. The summed E-state index contributed by atoms with van der Waals surface area (Å²) in [5, 5.41) is 1.03. The maximum Gasteiger partial charge on any atom is 0.231 e. The molecule has 3 aliphatic rings. The normalized spacial score (nSPS) is 19.1. The lowest BCUT2D eigenvalue weighted by atomic mass is 10.0. The zero-order valence-electron chi connectivity index (χ0n) is 21.5. The third-order valence-corrected chi connectivity index (χ3v) is 7.48. The Labute approximate surface area is 216 Å². The molecule has 0 saturated carbocycles. The summed E-state index contributed by atoms with van der Waals surface area (Å²) >= 11 is 0. The van der Waals surface area contributed by atoms with Gasteiger partial charge in [-0.05, 0) is 56.3 Å². The Kier molecular flexibility index (Phi) is 6.63. The summed E-state index contributed by atoms with van der Waals surface area (Å²) in [6.07, 6.45) is 4.97. The van der Waals surface area contributed by atoms with Gasteiger partial charge in [-0.1, -0.05) is 0 Å². The van der Waals surface area contributed by atoms with Crippen molar-refractivity contribution in [1.82, 2.24) is 14.4 Å². The van der Waals surface area contributed by atoms with Crippen LogP contribution in [0.2, 0.25) is 0 Å². The van der Waals surface area contributed by atoms with Crippen molar-refractivity contribution in [1.29, 1.82) is 0 Å². The molecule has 1 saturated heterocycles. The Bertz CT molecular complexity index is 1360. The first-order valence-corrected chi connectivity index (χ1v) is 13.1. The molecule has 0 spiro atoms. The summed E-state index contributed by atoms with van der Waals surface area (Å²) in [5.74, 6) is 2.45. The van der Waals surface area contributed by atoms with Gasteiger partial charge in [-0.3, -0.25) is 14.6 Å². The van der Waals surface area contributed by atoms with E-state index in [9.17, 15) is 4.79 Å². The van der Waals surface area contributed by atoms with Gasteiger partial charge in [0, 0.05) is 55.4 Å². The van der Waals surface area contributed by atoms with Crippen LogP contribution >= 0.6 is 0 Å². The first-order valence-electron chi connectivity index (χ1n) is 13.1. The van der Waals surface area contributed by atoms with Crippen molar-refractivity contribution in [3.8, 4) is 17.2 Å². The van der Waals surface area contributed by atoms with Crippen molar-refractivity contribution >= 4 is 22.8 Å². The fourth-order valence-corrected chi connectivity index (χ4v) is 5.44. The van der Waals surface area contributed by atoms with Crippen LogP contribution in [0.3, 0.4) is 0 Å². The molecule has 3 aliphatic heterocycles. The fraction of sp³-hybridized carbons (Fsp3) is 0.414. The highest BCUT2D eigenvalue weighted by Gasteiger charge is 2.33. The Morgan fingerprint density at radius 1 is 1.08 bits per heavy atom. The van der Waals surface area contributed by atoms with Gasteiger partial charge in [0.1, 0.15) is 24.0 Å². The number of allylic oxidation sites excluding steroid dienone is 1. The van der Waals surface area contributed by atoms with Crippen LogP contribution in [0.5, 0.6) is 17.2 Å². The summed E-state index contributed by atoms with van der Waals surface area (Å²) in [6, 6.07) is 9.73. The number of carbonyl (C=O) groups excluding carboxylic acids is 1. The standard InChI is InChI=1S/C29H33N3O5/c1-3-32-17-20(23-16-21(34-2)5-7-25(23)32)15-27-28(33)22-6-8-26-24(29(22)37-27)18-31(19-36-26)10-4-9-30-11-13-35-14-12-30/h5-8,15-17H,3-4,9-14,18-19H2,1-2H3/b27-15-.